The maximum atomic E-state index is 12.8. The third-order valence-corrected chi connectivity index (χ3v) is 4.23. The van der Waals surface area contributed by atoms with Gasteiger partial charge < -0.3 is 5.11 Å². The zero-order chi connectivity index (χ0) is 17.3. The number of hydrogen-bond acceptors (Lipinski definition) is 3. The Hall–Kier alpha value is -2.40. The van der Waals surface area contributed by atoms with Crippen molar-refractivity contribution < 1.29 is 9.67 Å². The molecule has 1 N–H and O–H groups in total. The molecule has 0 saturated heterocycles. The minimum absolute atomic E-state index is 0.0403. The molecule has 3 aromatic rings. The molecular formula is C18H19ClN3O2+. The predicted octanol–water partition coefficient (Wildman–Crippen LogP) is 2.98. The summed E-state index contributed by atoms with van der Waals surface area (Å²) >= 11 is 5.96. The fourth-order valence-electron chi connectivity index (χ4n) is 2.71. The Labute approximate surface area is 144 Å². The van der Waals surface area contributed by atoms with Crippen LogP contribution in [0.2, 0.25) is 5.02 Å². The lowest BCUT2D eigenvalue weighted by molar-refractivity contribution is -0.581. The van der Waals surface area contributed by atoms with Crippen LogP contribution in [0.3, 0.4) is 0 Å². The average Bonchev–Trinajstić information content (AvgIpc) is 2.57. The average molecular weight is 345 g/mol. The molecule has 2 aromatic heterocycles. The molecule has 0 spiro atoms. The summed E-state index contributed by atoms with van der Waals surface area (Å²) in [5.41, 5.74) is 2.06. The van der Waals surface area contributed by atoms with Crippen LogP contribution < -0.4 is 10.1 Å². The molecular weight excluding hydrogens is 326 g/mol. The minimum Gasteiger partial charge on any atom is -0.477 e. The van der Waals surface area contributed by atoms with E-state index in [1.807, 2.05) is 19.9 Å². The normalized spacial score (nSPS) is 11.1. The highest BCUT2D eigenvalue weighted by Gasteiger charge is 2.25. The van der Waals surface area contributed by atoms with Crippen molar-refractivity contribution in [1.82, 2.24) is 9.61 Å². The zero-order valence-electron chi connectivity index (χ0n) is 13.7. The van der Waals surface area contributed by atoms with Gasteiger partial charge in [-0.25, -0.2) is 4.79 Å². The molecule has 24 heavy (non-hydrogen) atoms. The van der Waals surface area contributed by atoms with E-state index in [4.69, 9.17) is 11.6 Å². The van der Waals surface area contributed by atoms with Crippen molar-refractivity contribution in [2.24, 2.45) is 0 Å². The molecule has 3 rings (SSSR count). The lowest BCUT2D eigenvalue weighted by atomic mass is 10.1. The molecule has 0 atom stereocenters. The number of benzene rings is 1. The van der Waals surface area contributed by atoms with Gasteiger partial charge in [-0.05, 0) is 50.1 Å². The van der Waals surface area contributed by atoms with Crippen LogP contribution in [-0.4, -0.2) is 14.7 Å². The van der Waals surface area contributed by atoms with E-state index >= 15 is 0 Å². The summed E-state index contributed by atoms with van der Waals surface area (Å²) in [5, 5.41) is 15.7. The van der Waals surface area contributed by atoms with E-state index in [9.17, 15) is 9.90 Å². The first-order valence-corrected chi connectivity index (χ1v) is 8.33. The van der Waals surface area contributed by atoms with E-state index in [1.165, 1.54) is 4.52 Å². The second-order valence-electron chi connectivity index (χ2n) is 5.77. The Morgan fingerprint density at radius 1 is 1.21 bits per heavy atom. The summed E-state index contributed by atoms with van der Waals surface area (Å²) < 4.78 is 2.99. The van der Waals surface area contributed by atoms with Crippen molar-refractivity contribution >= 4 is 17.2 Å². The summed E-state index contributed by atoms with van der Waals surface area (Å²) in [5.74, 6) is -0.0403. The van der Waals surface area contributed by atoms with Crippen molar-refractivity contribution in [3.63, 3.8) is 0 Å². The third kappa shape index (κ3) is 2.87. The number of fused-ring (bicyclic) bond motifs is 1. The Morgan fingerprint density at radius 2 is 1.92 bits per heavy atom. The van der Waals surface area contributed by atoms with Gasteiger partial charge in [0, 0.05) is 11.1 Å². The van der Waals surface area contributed by atoms with Gasteiger partial charge in [-0.3, -0.25) is 0 Å². The first kappa shape index (κ1) is 16.5. The first-order valence-electron chi connectivity index (χ1n) is 7.95. The number of rotatable bonds is 4. The number of aromatic hydroxyl groups is 1. The van der Waals surface area contributed by atoms with Crippen LogP contribution in [0, 0.1) is 6.92 Å². The van der Waals surface area contributed by atoms with Gasteiger partial charge in [-0.1, -0.05) is 34.6 Å². The summed E-state index contributed by atoms with van der Waals surface area (Å²) in [6.45, 7) is 3.88. The van der Waals surface area contributed by atoms with E-state index in [-0.39, 0.29) is 11.4 Å². The van der Waals surface area contributed by atoms with Gasteiger partial charge in [0.05, 0.1) is 5.69 Å². The van der Waals surface area contributed by atoms with E-state index in [1.54, 1.807) is 34.9 Å². The summed E-state index contributed by atoms with van der Waals surface area (Å²) in [6.07, 6.45) is 2.26. The van der Waals surface area contributed by atoms with Gasteiger partial charge in [0.2, 0.25) is 0 Å². The summed E-state index contributed by atoms with van der Waals surface area (Å²) in [4.78, 5) is 12.8. The highest BCUT2D eigenvalue weighted by atomic mass is 35.5. The van der Waals surface area contributed by atoms with Gasteiger partial charge in [0.15, 0.2) is 0 Å². The Morgan fingerprint density at radius 3 is 2.58 bits per heavy atom. The Balaban J connectivity index is 2.37. The Bertz CT molecular complexity index is 949. The van der Waals surface area contributed by atoms with Crippen LogP contribution in [0.1, 0.15) is 31.0 Å². The van der Waals surface area contributed by atoms with Crippen molar-refractivity contribution in [3.8, 4) is 11.6 Å². The number of aromatic nitrogens is 3. The largest absolute Gasteiger partial charge is 0.477 e. The molecule has 0 unspecified atom stereocenters. The molecule has 124 valence electrons. The van der Waals surface area contributed by atoms with E-state index in [0.717, 1.165) is 24.2 Å². The van der Waals surface area contributed by atoms with Gasteiger partial charge in [-0.2, -0.15) is 4.57 Å². The fourth-order valence-corrected chi connectivity index (χ4v) is 2.84. The van der Waals surface area contributed by atoms with Crippen molar-refractivity contribution in [2.45, 2.75) is 33.1 Å². The number of halogens is 1. The second kappa shape index (κ2) is 6.61. The second-order valence-corrected chi connectivity index (χ2v) is 6.20. The number of unbranched alkanes of at least 4 members (excludes halogenated alkanes) is 1. The predicted molar refractivity (Wildman–Crippen MR) is 93.0 cm³/mol. The molecule has 1 aromatic carbocycles. The van der Waals surface area contributed by atoms with Crippen LogP contribution in [0.25, 0.3) is 11.3 Å². The highest BCUT2D eigenvalue weighted by molar-refractivity contribution is 6.30. The van der Waals surface area contributed by atoms with Crippen molar-refractivity contribution in [2.75, 3.05) is 0 Å². The van der Waals surface area contributed by atoms with E-state index in [2.05, 4.69) is 5.10 Å². The zero-order valence-corrected chi connectivity index (χ0v) is 14.4. The molecule has 0 aliphatic heterocycles. The molecule has 5 nitrogen and oxygen atoms in total. The molecule has 0 aliphatic carbocycles. The van der Waals surface area contributed by atoms with Crippen LogP contribution >= 0.6 is 11.6 Å². The monoisotopic (exact) mass is 344 g/mol. The fraction of sp³-hybridized carbons (Fsp3) is 0.278. The van der Waals surface area contributed by atoms with Crippen LogP contribution in [0.4, 0.5) is 0 Å². The summed E-state index contributed by atoms with van der Waals surface area (Å²) in [7, 11) is 0. The number of nitrogens with zero attached hydrogens (tertiary/aromatic N) is 3. The number of hydrogen-bond donors (Lipinski definition) is 1. The quantitative estimate of drug-likeness (QED) is 0.740. The Kier molecular flexibility index (Phi) is 4.53. The molecule has 2 heterocycles. The highest BCUT2D eigenvalue weighted by Crippen LogP contribution is 2.17. The third-order valence-electron chi connectivity index (χ3n) is 3.97. The molecule has 6 heteroatoms. The molecule has 0 aliphatic rings. The van der Waals surface area contributed by atoms with Crippen LogP contribution in [-0.2, 0) is 6.42 Å². The molecule has 0 saturated carbocycles. The number of aryl methyl sites for hydroxylation is 1. The molecule has 0 radical (unpaired) electrons. The summed E-state index contributed by atoms with van der Waals surface area (Å²) in [6, 6.07) is 10.7. The maximum absolute atomic E-state index is 12.8. The standard InChI is InChI=1S/C18H18ClN3O2/c1-3-4-5-15-17(23)21(14-9-7-13(19)8-10-14)16-11-6-12(2)20-22(16)18(15)24/h6-11H,3-5H2,1-2H3/p+1. The minimum atomic E-state index is -0.273. The van der Waals surface area contributed by atoms with Gasteiger partial charge >= 0.3 is 11.2 Å². The van der Waals surface area contributed by atoms with Crippen LogP contribution in [0.15, 0.2) is 41.2 Å². The lowest BCUT2D eigenvalue weighted by Crippen LogP contribution is -2.40. The first-order chi connectivity index (χ1) is 11.5. The van der Waals surface area contributed by atoms with Crippen LogP contribution in [0.5, 0.6) is 5.88 Å². The van der Waals surface area contributed by atoms with Gasteiger partial charge in [-0.15, -0.1) is 0 Å². The SMILES string of the molecule is CCCCc1c(O)[n+](-c2ccc(Cl)cc2)c2ccc(C)nn2c1=O. The maximum Gasteiger partial charge on any atom is 0.370 e. The lowest BCUT2D eigenvalue weighted by Gasteiger charge is -2.09. The van der Waals surface area contributed by atoms with E-state index in [0.29, 0.717) is 22.7 Å². The molecule has 0 bridgehead atoms. The van der Waals surface area contributed by atoms with Gasteiger partial charge in [0.1, 0.15) is 11.3 Å². The molecule has 0 fully saturated rings. The van der Waals surface area contributed by atoms with Crippen molar-refractivity contribution in [3.05, 3.63) is 63.0 Å². The van der Waals surface area contributed by atoms with E-state index < -0.39 is 0 Å². The van der Waals surface area contributed by atoms with Gasteiger partial charge in [0.25, 0.3) is 5.88 Å². The smallest absolute Gasteiger partial charge is 0.370 e. The molecule has 0 amide bonds. The topological polar surface area (TPSA) is 58.5 Å². The van der Waals surface area contributed by atoms with Crippen molar-refractivity contribution in [1.29, 1.82) is 0 Å².